The molecule has 0 radical (unpaired) electrons. The Morgan fingerprint density at radius 2 is 1.59 bits per heavy atom. The van der Waals surface area contributed by atoms with E-state index in [-0.39, 0.29) is 0 Å². The minimum atomic E-state index is 0.749. The molecule has 1 aromatic rings. The van der Waals surface area contributed by atoms with Crippen LogP contribution in [0.3, 0.4) is 0 Å². The fourth-order valence-electron chi connectivity index (χ4n) is 2.46. The molecular weight excluding hydrogens is 278 g/mol. The third-order valence-electron chi connectivity index (χ3n) is 3.83. The minimum absolute atomic E-state index is 0.749. The Hall–Kier alpha value is -1.26. The first kappa shape index (κ1) is 17.1. The smallest absolute Gasteiger partial charge is 0.161 e. The van der Waals surface area contributed by atoms with Crippen molar-refractivity contribution < 1.29 is 14.2 Å². The van der Waals surface area contributed by atoms with Crippen molar-refractivity contribution in [3.63, 3.8) is 0 Å². The Morgan fingerprint density at radius 1 is 0.955 bits per heavy atom. The van der Waals surface area contributed by atoms with Crippen molar-refractivity contribution in [2.75, 3.05) is 46.1 Å². The van der Waals surface area contributed by atoms with Gasteiger partial charge in [0.25, 0.3) is 0 Å². The largest absolute Gasteiger partial charge is 0.490 e. The Labute approximate surface area is 134 Å². The van der Waals surface area contributed by atoms with Crippen LogP contribution in [-0.4, -0.2) is 51.0 Å². The van der Waals surface area contributed by atoms with E-state index >= 15 is 0 Å². The molecule has 1 saturated heterocycles. The Morgan fingerprint density at radius 3 is 2.23 bits per heavy atom. The van der Waals surface area contributed by atoms with E-state index in [2.05, 4.69) is 11.8 Å². The molecule has 0 atom stereocenters. The molecule has 2 rings (SSSR count). The normalized spacial score (nSPS) is 15.7. The Bertz CT molecular complexity index is 405. The maximum Gasteiger partial charge on any atom is 0.161 e. The van der Waals surface area contributed by atoms with E-state index in [4.69, 9.17) is 14.2 Å². The maximum atomic E-state index is 5.89. The molecule has 0 aromatic heterocycles. The standard InChI is InChI=1S/C18H29NO3/c1-2-3-13-21-17-8-4-5-9-18(17)22-14-7-6-10-19-11-15-20-16-12-19/h4-5,8-9H,2-3,6-7,10-16H2,1H3. The summed E-state index contributed by atoms with van der Waals surface area (Å²) in [4.78, 5) is 2.46. The van der Waals surface area contributed by atoms with E-state index in [9.17, 15) is 0 Å². The van der Waals surface area contributed by atoms with Gasteiger partial charge in [-0.25, -0.2) is 0 Å². The lowest BCUT2D eigenvalue weighted by molar-refractivity contribution is 0.0367. The molecule has 4 nitrogen and oxygen atoms in total. The van der Waals surface area contributed by atoms with Crippen molar-refractivity contribution in [2.24, 2.45) is 0 Å². The first-order chi connectivity index (χ1) is 10.9. The van der Waals surface area contributed by atoms with Crippen LogP contribution in [0, 0.1) is 0 Å². The topological polar surface area (TPSA) is 30.9 Å². The van der Waals surface area contributed by atoms with Crippen LogP contribution in [0.2, 0.25) is 0 Å². The molecule has 124 valence electrons. The predicted molar refractivity (Wildman–Crippen MR) is 88.8 cm³/mol. The summed E-state index contributed by atoms with van der Waals surface area (Å²) in [5, 5.41) is 0. The second kappa shape index (κ2) is 10.5. The van der Waals surface area contributed by atoms with Gasteiger partial charge in [0.1, 0.15) is 0 Å². The lowest BCUT2D eigenvalue weighted by Gasteiger charge is -2.26. The summed E-state index contributed by atoms with van der Waals surface area (Å²) in [5.74, 6) is 1.73. The number of benzene rings is 1. The number of rotatable bonds is 10. The van der Waals surface area contributed by atoms with Gasteiger partial charge < -0.3 is 14.2 Å². The highest BCUT2D eigenvalue weighted by Crippen LogP contribution is 2.26. The highest BCUT2D eigenvalue weighted by Gasteiger charge is 2.09. The Balaban J connectivity index is 1.63. The summed E-state index contributed by atoms with van der Waals surface area (Å²) in [5.41, 5.74) is 0. The van der Waals surface area contributed by atoms with Crippen molar-refractivity contribution in [3.8, 4) is 11.5 Å². The van der Waals surface area contributed by atoms with Gasteiger partial charge in [0.15, 0.2) is 11.5 Å². The van der Waals surface area contributed by atoms with Crippen molar-refractivity contribution in [2.45, 2.75) is 32.6 Å². The van der Waals surface area contributed by atoms with E-state index in [0.29, 0.717) is 0 Å². The molecule has 4 heteroatoms. The number of para-hydroxylation sites is 2. The van der Waals surface area contributed by atoms with E-state index in [1.165, 1.54) is 6.42 Å². The monoisotopic (exact) mass is 307 g/mol. The molecule has 0 saturated carbocycles. The highest BCUT2D eigenvalue weighted by molar-refractivity contribution is 5.39. The SMILES string of the molecule is CCCCOc1ccccc1OCCCCN1CCOCC1. The second-order valence-corrected chi connectivity index (χ2v) is 5.66. The van der Waals surface area contributed by atoms with Crippen molar-refractivity contribution in [1.82, 2.24) is 4.90 Å². The summed E-state index contributed by atoms with van der Waals surface area (Å²) in [6.45, 7) is 8.69. The van der Waals surface area contributed by atoms with E-state index in [0.717, 1.165) is 76.8 Å². The molecule has 0 amide bonds. The summed E-state index contributed by atoms with van der Waals surface area (Å²) in [6, 6.07) is 7.96. The van der Waals surface area contributed by atoms with Gasteiger partial charge in [-0.2, -0.15) is 0 Å². The second-order valence-electron chi connectivity index (χ2n) is 5.66. The van der Waals surface area contributed by atoms with Crippen LogP contribution >= 0.6 is 0 Å². The van der Waals surface area contributed by atoms with Gasteiger partial charge in [-0.05, 0) is 37.9 Å². The van der Waals surface area contributed by atoms with E-state index in [1.807, 2.05) is 24.3 Å². The molecule has 0 N–H and O–H groups in total. The summed E-state index contributed by atoms with van der Waals surface area (Å²) < 4.78 is 17.0. The number of morpholine rings is 1. The fraction of sp³-hybridized carbons (Fsp3) is 0.667. The minimum Gasteiger partial charge on any atom is -0.490 e. The van der Waals surface area contributed by atoms with Gasteiger partial charge in [-0.3, -0.25) is 4.90 Å². The van der Waals surface area contributed by atoms with Crippen LogP contribution in [-0.2, 0) is 4.74 Å². The van der Waals surface area contributed by atoms with Gasteiger partial charge >= 0.3 is 0 Å². The first-order valence-electron chi connectivity index (χ1n) is 8.55. The fourth-order valence-corrected chi connectivity index (χ4v) is 2.46. The van der Waals surface area contributed by atoms with Gasteiger partial charge in [0.2, 0.25) is 0 Å². The van der Waals surface area contributed by atoms with Gasteiger partial charge in [0.05, 0.1) is 26.4 Å². The molecule has 1 aromatic carbocycles. The maximum absolute atomic E-state index is 5.89. The molecule has 1 aliphatic rings. The number of ether oxygens (including phenoxy) is 3. The molecule has 0 aliphatic carbocycles. The van der Waals surface area contributed by atoms with E-state index < -0.39 is 0 Å². The molecule has 22 heavy (non-hydrogen) atoms. The zero-order chi connectivity index (χ0) is 15.5. The van der Waals surface area contributed by atoms with Crippen LogP contribution in [0.5, 0.6) is 11.5 Å². The van der Waals surface area contributed by atoms with Crippen molar-refractivity contribution >= 4 is 0 Å². The average molecular weight is 307 g/mol. The summed E-state index contributed by atoms with van der Waals surface area (Å²) in [6.07, 6.45) is 4.46. The van der Waals surface area contributed by atoms with Gasteiger partial charge in [0, 0.05) is 13.1 Å². The number of hydrogen-bond donors (Lipinski definition) is 0. The van der Waals surface area contributed by atoms with Crippen LogP contribution in [0.4, 0.5) is 0 Å². The first-order valence-corrected chi connectivity index (χ1v) is 8.55. The van der Waals surface area contributed by atoms with E-state index in [1.54, 1.807) is 0 Å². The third-order valence-corrected chi connectivity index (χ3v) is 3.83. The average Bonchev–Trinajstić information content (AvgIpc) is 2.57. The lowest BCUT2D eigenvalue weighted by Crippen LogP contribution is -2.36. The summed E-state index contributed by atoms with van der Waals surface area (Å²) >= 11 is 0. The highest BCUT2D eigenvalue weighted by atomic mass is 16.5. The van der Waals surface area contributed by atoms with Crippen molar-refractivity contribution in [1.29, 1.82) is 0 Å². The molecule has 0 spiro atoms. The molecule has 1 fully saturated rings. The number of nitrogens with zero attached hydrogens (tertiary/aromatic N) is 1. The van der Waals surface area contributed by atoms with Gasteiger partial charge in [-0.15, -0.1) is 0 Å². The van der Waals surface area contributed by atoms with Crippen molar-refractivity contribution in [3.05, 3.63) is 24.3 Å². The van der Waals surface area contributed by atoms with Gasteiger partial charge in [-0.1, -0.05) is 25.5 Å². The lowest BCUT2D eigenvalue weighted by atomic mass is 10.3. The summed E-state index contributed by atoms with van der Waals surface area (Å²) in [7, 11) is 0. The zero-order valence-electron chi connectivity index (χ0n) is 13.8. The van der Waals surface area contributed by atoms with Crippen LogP contribution in [0.15, 0.2) is 24.3 Å². The van der Waals surface area contributed by atoms with Crippen LogP contribution in [0.25, 0.3) is 0 Å². The quantitative estimate of drug-likeness (QED) is 0.620. The number of unbranched alkanes of at least 4 members (excludes halogenated alkanes) is 2. The molecule has 0 unspecified atom stereocenters. The number of hydrogen-bond acceptors (Lipinski definition) is 4. The molecular formula is C18H29NO3. The molecule has 1 aliphatic heterocycles. The molecule has 0 bridgehead atoms. The predicted octanol–water partition coefficient (Wildman–Crippen LogP) is 3.36. The Kier molecular flexibility index (Phi) is 8.13. The molecule has 1 heterocycles. The third kappa shape index (κ3) is 6.24. The van der Waals surface area contributed by atoms with Crippen LogP contribution in [0.1, 0.15) is 32.6 Å². The van der Waals surface area contributed by atoms with Crippen LogP contribution < -0.4 is 9.47 Å². The zero-order valence-corrected chi connectivity index (χ0v) is 13.8.